The fraction of sp³-hybridized carbons (Fsp3) is 0.533. The fourth-order valence-corrected chi connectivity index (χ4v) is 1.34. The van der Waals surface area contributed by atoms with Gasteiger partial charge in [-0.15, -0.1) is 0 Å². The molecule has 7 nitrogen and oxygen atoms in total. The van der Waals surface area contributed by atoms with Crippen LogP contribution in [0, 0.1) is 17.8 Å². The topological polar surface area (TPSA) is 88.1 Å². The van der Waals surface area contributed by atoms with E-state index in [-0.39, 0.29) is 6.61 Å². The molecule has 0 saturated carbocycles. The molecule has 22 heavy (non-hydrogen) atoms. The van der Waals surface area contributed by atoms with Gasteiger partial charge in [-0.3, -0.25) is 0 Å². The van der Waals surface area contributed by atoms with E-state index in [0.29, 0.717) is 0 Å². The predicted octanol–water partition coefficient (Wildman–Crippen LogP) is 0.824. The highest BCUT2D eigenvalue weighted by atomic mass is 16.6. The molecule has 0 heterocycles. The van der Waals surface area contributed by atoms with Crippen LogP contribution in [0.2, 0.25) is 0 Å². The van der Waals surface area contributed by atoms with Crippen LogP contribution in [0.15, 0.2) is 12.3 Å². The van der Waals surface area contributed by atoms with Crippen molar-refractivity contribution in [1.29, 1.82) is 0 Å². The number of carbonyl (C=O) groups is 3. The predicted molar refractivity (Wildman–Crippen MR) is 76.2 cm³/mol. The first-order valence-corrected chi connectivity index (χ1v) is 6.54. The van der Waals surface area contributed by atoms with Crippen molar-refractivity contribution < 1.29 is 33.3 Å². The maximum atomic E-state index is 12.2. The lowest BCUT2D eigenvalue weighted by Gasteiger charge is -2.29. The number of ether oxygens (including phenoxy) is 4. The molecular weight excluding hydrogens is 292 g/mol. The third-order valence-corrected chi connectivity index (χ3v) is 2.59. The average Bonchev–Trinajstić information content (AvgIpc) is 2.49. The van der Waals surface area contributed by atoms with Crippen molar-refractivity contribution in [1.82, 2.24) is 0 Å². The lowest BCUT2D eigenvalue weighted by atomic mass is 9.90. The standard InChI is InChI=1S/C15H20O7/c1-6-21-14(18)15(11(2)3,9-7-12(16)19-4)22-10-8-13(17)20-5/h8,10-11H,6H2,1-5H3/b10-8+. The van der Waals surface area contributed by atoms with E-state index in [2.05, 4.69) is 21.3 Å². The molecule has 122 valence electrons. The second-order valence-electron chi connectivity index (χ2n) is 4.30. The van der Waals surface area contributed by atoms with Crippen LogP contribution >= 0.6 is 0 Å². The molecule has 1 unspecified atom stereocenters. The molecule has 0 aliphatic rings. The third kappa shape index (κ3) is 5.48. The fourth-order valence-electron chi connectivity index (χ4n) is 1.34. The Morgan fingerprint density at radius 3 is 2.27 bits per heavy atom. The van der Waals surface area contributed by atoms with Crippen molar-refractivity contribution in [2.45, 2.75) is 26.4 Å². The Morgan fingerprint density at radius 2 is 1.82 bits per heavy atom. The summed E-state index contributed by atoms with van der Waals surface area (Å²) in [5, 5.41) is 0. The first-order valence-electron chi connectivity index (χ1n) is 6.54. The van der Waals surface area contributed by atoms with Crippen molar-refractivity contribution in [3.8, 4) is 11.8 Å². The molecule has 0 bridgehead atoms. The minimum Gasteiger partial charge on any atom is -0.470 e. The third-order valence-electron chi connectivity index (χ3n) is 2.59. The summed E-state index contributed by atoms with van der Waals surface area (Å²) >= 11 is 0. The van der Waals surface area contributed by atoms with Gasteiger partial charge < -0.3 is 18.9 Å². The van der Waals surface area contributed by atoms with Gasteiger partial charge in [0.25, 0.3) is 5.60 Å². The Morgan fingerprint density at radius 1 is 1.18 bits per heavy atom. The van der Waals surface area contributed by atoms with Crippen LogP contribution < -0.4 is 0 Å². The van der Waals surface area contributed by atoms with Gasteiger partial charge in [0.2, 0.25) is 0 Å². The van der Waals surface area contributed by atoms with E-state index in [9.17, 15) is 14.4 Å². The maximum absolute atomic E-state index is 12.2. The molecule has 0 saturated heterocycles. The van der Waals surface area contributed by atoms with E-state index in [1.54, 1.807) is 20.8 Å². The second-order valence-corrected chi connectivity index (χ2v) is 4.30. The summed E-state index contributed by atoms with van der Waals surface area (Å²) in [5.74, 6) is 1.87. The SMILES string of the molecule is CCOC(=O)C(C#CC(=O)OC)(O/C=C/C(=O)OC)C(C)C. The lowest BCUT2D eigenvalue weighted by Crippen LogP contribution is -2.45. The molecule has 0 fully saturated rings. The molecule has 0 radical (unpaired) electrons. The van der Waals surface area contributed by atoms with Crippen molar-refractivity contribution in [3.63, 3.8) is 0 Å². The highest BCUT2D eigenvalue weighted by molar-refractivity contribution is 5.92. The average molecular weight is 312 g/mol. The van der Waals surface area contributed by atoms with Gasteiger partial charge in [0.15, 0.2) is 0 Å². The summed E-state index contributed by atoms with van der Waals surface area (Å²) < 4.78 is 19.1. The molecule has 0 aromatic rings. The molecule has 0 aromatic heterocycles. The van der Waals surface area contributed by atoms with Gasteiger partial charge in [0.05, 0.1) is 33.2 Å². The number of methoxy groups -OCH3 is 2. The van der Waals surface area contributed by atoms with Gasteiger partial charge in [-0.05, 0) is 12.8 Å². The smallest absolute Gasteiger partial charge is 0.384 e. The number of hydrogen-bond acceptors (Lipinski definition) is 7. The number of esters is 3. The summed E-state index contributed by atoms with van der Waals surface area (Å²) in [6, 6.07) is 0. The van der Waals surface area contributed by atoms with E-state index in [4.69, 9.17) is 9.47 Å². The van der Waals surface area contributed by atoms with E-state index in [1.165, 1.54) is 7.11 Å². The highest BCUT2D eigenvalue weighted by Crippen LogP contribution is 2.24. The molecule has 0 rings (SSSR count). The van der Waals surface area contributed by atoms with Crippen LogP contribution in [-0.4, -0.2) is 44.3 Å². The first-order chi connectivity index (χ1) is 10.3. The number of carbonyl (C=O) groups excluding carboxylic acids is 3. The number of hydrogen-bond donors (Lipinski definition) is 0. The zero-order valence-electron chi connectivity index (χ0n) is 13.3. The largest absolute Gasteiger partial charge is 0.470 e. The quantitative estimate of drug-likeness (QED) is 0.179. The Labute approximate surface area is 129 Å². The van der Waals surface area contributed by atoms with Crippen LogP contribution in [-0.2, 0) is 33.3 Å². The Balaban J connectivity index is 5.61. The van der Waals surface area contributed by atoms with Crippen molar-refractivity contribution >= 4 is 17.9 Å². The molecule has 0 aliphatic heterocycles. The molecule has 0 aliphatic carbocycles. The monoisotopic (exact) mass is 312 g/mol. The summed E-state index contributed by atoms with van der Waals surface area (Å²) in [7, 11) is 2.36. The van der Waals surface area contributed by atoms with Gasteiger partial charge in [-0.2, -0.15) is 0 Å². The highest BCUT2D eigenvalue weighted by Gasteiger charge is 2.44. The van der Waals surface area contributed by atoms with Crippen LogP contribution in [0.1, 0.15) is 20.8 Å². The van der Waals surface area contributed by atoms with Gasteiger partial charge >= 0.3 is 17.9 Å². The van der Waals surface area contributed by atoms with E-state index in [1.807, 2.05) is 0 Å². The van der Waals surface area contributed by atoms with Crippen molar-refractivity contribution in [2.75, 3.05) is 20.8 Å². The maximum Gasteiger partial charge on any atom is 0.384 e. The molecule has 0 N–H and O–H groups in total. The first kappa shape index (κ1) is 19.5. The van der Waals surface area contributed by atoms with E-state index < -0.39 is 29.4 Å². The summed E-state index contributed by atoms with van der Waals surface area (Å²) in [6.45, 7) is 5.06. The molecule has 7 heteroatoms. The Bertz CT molecular complexity index is 496. The van der Waals surface area contributed by atoms with Crippen molar-refractivity contribution in [3.05, 3.63) is 12.3 Å². The van der Waals surface area contributed by atoms with Gasteiger partial charge in [-0.1, -0.05) is 13.8 Å². The van der Waals surface area contributed by atoms with Gasteiger partial charge in [0.1, 0.15) is 0 Å². The zero-order chi connectivity index (χ0) is 17.2. The van der Waals surface area contributed by atoms with Crippen LogP contribution in [0.25, 0.3) is 0 Å². The molecule has 0 amide bonds. The van der Waals surface area contributed by atoms with Crippen LogP contribution in [0.5, 0.6) is 0 Å². The summed E-state index contributed by atoms with van der Waals surface area (Å²) in [5.41, 5.74) is -1.74. The molecule has 0 spiro atoms. The minimum atomic E-state index is -1.74. The van der Waals surface area contributed by atoms with Gasteiger partial charge in [0, 0.05) is 11.8 Å². The normalized spacial score (nSPS) is 12.8. The second kappa shape index (κ2) is 9.45. The molecule has 0 aromatic carbocycles. The lowest BCUT2D eigenvalue weighted by molar-refractivity contribution is -0.163. The summed E-state index contributed by atoms with van der Waals surface area (Å²) in [4.78, 5) is 34.5. The molecular formula is C15H20O7. The van der Waals surface area contributed by atoms with E-state index >= 15 is 0 Å². The number of rotatable bonds is 6. The molecule has 1 atom stereocenters. The van der Waals surface area contributed by atoms with Crippen molar-refractivity contribution in [2.24, 2.45) is 5.92 Å². The van der Waals surface area contributed by atoms with Crippen LogP contribution in [0.3, 0.4) is 0 Å². The van der Waals surface area contributed by atoms with E-state index in [0.717, 1.165) is 19.4 Å². The summed E-state index contributed by atoms with van der Waals surface area (Å²) in [6.07, 6.45) is 1.96. The van der Waals surface area contributed by atoms with Crippen LogP contribution in [0.4, 0.5) is 0 Å². The van der Waals surface area contributed by atoms with Gasteiger partial charge in [-0.25, -0.2) is 14.4 Å². The Hall–Kier alpha value is -2.49. The Kier molecular flexibility index (Phi) is 8.38. The minimum absolute atomic E-state index is 0.108. The zero-order valence-corrected chi connectivity index (χ0v) is 13.3.